The number of hydrogen-bond donors (Lipinski definition) is 1. The van der Waals surface area contributed by atoms with Gasteiger partial charge in [0.2, 0.25) is 0 Å². The molecule has 0 aliphatic carbocycles. The fourth-order valence-electron chi connectivity index (χ4n) is 3.24. The van der Waals surface area contributed by atoms with Crippen molar-refractivity contribution in [2.45, 2.75) is 26.8 Å². The van der Waals surface area contributed by atoms with Crippen LogP contribution in [0.2, 0.25) is 0 Å². The first-order chi connectivity index (χ1) is 11.1. The molecule has 3 rings (SSSR count). The Hall–Kier alpha value is -1.84. The molecule has 0 spiro atoms. The third-order valence-corrected chi connectivity index (χ3v) is 5.06. The second-order valence-electron chi connectivity index (χ2n) is 6.33. The van der Waals surface area contributed by atoms with Crippen molar-refractivity contribution in [3.8, 4) is 16.9 Å². The monoisotopic (exact) mass is 311 g/mol. The third kappa shape index (κ3) is 3.26. The molecule has 0 radical (unpaired) electrons. The van der Waals surface area contributed by atoms with Crippen molar-refractivity contribution in [1.29, 1.82) is 0 Å². The predicted molar refractivity (Wildman–Crippen MR) is 93.8 cm³/mol. The summed E-state index contributed by atoms with van der Waals surface area (Å²) < 4.78 is 5.43. The molecule has 1 atom stereocenters. The second-order valence-corrected chi connectivity index (χ2v) is 6.33. The number of nitrogens with zero attached hydrogens (tertiary/aromatic N) is 1. The molecule has 1 heterocycles. The summed E-state index contributed by atoms with van der Waals surface area (Å²) in [4.78, 5) is 2.47. The van der Waals surface area contributed by atoms with E-state index in [-0.39, 0.29) is 0 Å². The maximum absolute atomic E-state index is 9.82. The van der Waals surface area contributed by atoms with E-state index >= 15 is 0 Å². The Bertz CT molecular complexity index is 673. The fourth-order valence-corrected chi connectivity index (χ4v) is 3.24. The summed E-state index contributed by atoms with van der Waals surface area (Å²) in [6.45, 7) is 9.94. The second kappa shape index (κ2) is 6.73. The van der Waals surface area contributed by atoms with E-state index < -0.39 is 0 Å². The number of phenolic OH excluding ortho intramolecular Hbond substituents is 1. The van der Waals surface area contributed by atoms with Gasteiger partial charge < -0.3 is 9.84 Å². The van der Waals surface area contributed by atoms with Gasteiger partial charge in [0.05, 0.1) is 13.2 Å². The summed E-state index contributed by atoms with van der Waals surface area (Å²) >= 11 is 0. The lowest BCUT2D eigenvalue weighted by Gasteiger charge is -2.32. The van der Waals surface area contributed by atoms with Crippen LogP contribution in [0, 0.1) is 13.8 Å². The highest BCUT2D eigenvalue weighted by Crippen LogP contribution is 2.31. The minimum Gasteiger partial charge on any atom is -0.508 e. The van der Waals surface area contributed by atoms with Crippen LogP contribution in [0.3, 0.4) is 0 Å². The average molecular weight is 311 g/mol. The van der Waals surface area contributed by atoms with Gasteiger partial charge in [0, 0.05) is 19.1 Å². The molecule has 2 aromatic carbocycles. The fraction of sp³-hybridized carbons (Fsp3) is 0.400. The molecular weight excluding hydrogens is 286 g/mol. The molecule has 1 saturated heterocycles. The SMILES string of the molecule is Cc1c(O)ccc(-c2ccc([C@@H](C)N3CCOCC3)cc2)c1C. The number of hydrogen-bond acceptors (Lipinski definition) is 3. The van der Waals surface area contributed by atoms with Gasteiger partial charge in [0.15, 0.2) is 0 Å². The van der Waals surface area contributed by atoms with Crippen LogP contribution in [0.4, 0.5) is 0 Å². The van der Waals surface area contributed by atoms with E-state index in [0.29, 0.717) is 11.8 Å². The Morgan fingerprint density at radius 2 is 1.61 bits per heavy atom. The van der Waals surface area contributed by atoms with E-state index in [1.165, 1.54) is 16.7 Å². The zero-order valence-electron chi connectivity index (χ0n) is 14.2. The number of ether oxygens (including phenoxy) is 1. The van der Waals surface area contributed by atoms with E-state index in [0.717, 1.165) is 37.4 Å². The molecule has 23 heavy (non-hydrogen) atoms. The van der Waals surface area contributed by atoms with Gasteiger partial charge in [-0.2, -0.15) is 0 Å². The van der Waals surface area contributed by atoms with Crippen molar-refractivity contribution >= 4 is 0 Å². The summed E-state index contributed by atoms with van der Waals surface area (Å²) in [5, 5.41) is 9.82. The summed E-state index contributed by atoms with van der Waals surface area (Å²) in [5.41, 5.74) is 5.81. The molecular formula is C20H25NO2. The summed E-state index contributed by atoms with van der Waals surface area (Å²) in [6, 6.07) is 13.0. The van der Waals surface area contributed by atoms with Gasteiger partial charge in [-0.25, -0.2) is 0 Å². The van der Waals surface area contributed by atoms with Crippen molar-refractivity contribution in [2.75, 3.05) is 26.3 Å². The number of aromatic hydroxyl groups is 1. The standard InChI is InChI=1S/C20H25NO2/c1-14-15(2)20(22)9-8-19(14)18-6-4-17(5-7-18)16(3)21-10-12-23-13-11-21/h4-9,16,22H,10-13H2,1-3H3/t16-/m1/s1. The predicted octanol–water partition coefficient (Wildman–Crippen LogP) is 4.07. The van der Waals surface area contributed by atoms with Crippen LogP contribution in [-0.2, 0) is 4.74 Å². The Kier molecular flexibility index (Phi) is 4.69. The van der Waals surface area contributed by atoms with Gasteiger partial charge in [-0.3, -0.25) is 4.90 Å². The molecule has 122 valence electrons. The quantitative estimate of drug-likeness (QED) is 0.927. The highest BCUT2D eigenvalue weighted by molar-refractivity contribution is 5.70. The van der Waals surface area contributed by atoms with Gasteiger partial charge in [0.1, 0.15) is 5.75 Å². The molecule has 1 N–H and O–H groups in total. The topological polar surface area (TPSA) is 32.7 Å². The highest BCUT2D eigenvalue weighted by atomic mass is 16.5. The van der Waals surface area contributed by atoms with Crippen LogP contribution in [0.1, 0.15) is 29.7 Å². The zero-order chi connectivity index (χ0) is 16.4. The molecule has 0 unspecified atom stereocenters. The number of morpholine rings is 1. The first kappa shape index (κ1) is 16.0. The molecule has 1 fully saturated rings. The Morgan fingerprint density at radius 1 is 0.957 bits per heavy atom. The van der Waals surface area contributed by atoms with Crippen LogP contribution in [0.5, 0.6) is 5.75 Å². The summed E-state index contributed by atoms with van der Waals surface area (Å²) in [6.07, 6.45) is 0. The van der Waals surface area contributed by atoms with Crippen LogP contribution in [0.15, 0.2) is 36.4 Å². The molecule has 1 aliphatic rings. The maximum Gasteiger partial charge on any atom is 0.118 e. The van der Waals surface area contributed by atoms with Crippen molar-refractivity contribution in [3.05, 3.63) is 53.1 Å². The maximum atomic E-state index is 9.82. The average Bonchev–Trinajstić information content (AvgIpc) is 2.60. The van der Waals surface area contributed by atoms with Crippen LogP contribution in [0.25, 0.3) is 11.1 Å². The van der Waals surface area contributed by atoms with Crippen molar-refractivity contribution in [3.63, 3.8) is 0 Å². The van der Waals surface area contributed by atoms with Gasteiger partial charge in [-0.15, -0.1) is 0 Å². The van der Waals surface area contributed by atoms with Crippen molar-refractivity contribution in [1.82, 2.24) is 4.90 Å². The Balaban J connectivity index is 1.83. The van der Waals surface area contributed by atoms with Crippen molar-refractivity contribution in [2.24, 2.45) is 0 Å². The van der Waals surface area contributed by atoms with Crippen molar-refractivity contribution < 1.29 is 9.84 Å². The highest BCUT2D eigenvalue weighted by Gasteiger charge is 2.18. The van der Waals surface area contributed by atoms with Gasteiger partial charge in [0.25, 0.3) is 0 Å². The molecule has 1 aliphatic heterocycles. The molecule has 0 aromatic heterocycles. The molecule has 3 nitrogen and oxygen atoms in total. The van der Waals surface area contributed by atoms with Crippen LogP contribution < -0.4 is 0 Å². The largest absolute Gasteiger partial charge is 0.508 e. The Morgan fingerprint density at radius 3 is 2.26 bits per heavy atom. The lowest BCUT2D eigenvalue weighted by Crippen LogP contribution is -2.37. The van der Waals surface area contributed by atoms with Gasteiger partial charge >= 0.3 is 0 Å². The first-order valence-corrected chi connectivity index (χ1v) is 8.29. The molecule has 2 aromatic rings. The normalized spacial score (nSPS) is 17.2. The number of rotatable bonds is 3. The van der Waals surface area contributed by atoms with Crippen LogP contribution >= 0.6 is 0 Å². The molecule has 0 bridgehead atoms. The molecule has 3 heteroatoms. The van der Waals surface area contributed by atoms with E-state index in [4.69, 9.17) is 4.74 Å². The molecule has 0 saturated carbocycles. The first-order valence-electron chi connectivity index (χ1n) is 8.29. The summed E-state index contributed by atoms with van der Waals surface area (Å²) in [7, 11) is 0. The number of phenols is 1. The van der Waals surface area contributed by atoms with E-state index in [9.17, 15) is 5.11 Å². The lowest BCUT2D eigenvalue weighted by atomic mass is 9.95. The van der Waals surface area contributed by atoms with Gasteiger partial charge in [-0.05, 0) is 54.7 Å². The lowest BCUT2D eigenvalue weighted by molar-refractivity contribution is 0.0198. The zero-order valence-corrected chi connectivity index (χ0v) is 14.2. The third-order valence-electron chi connectivity index (χ3n) is 5.06. The van der Waals surface area contributed by atoms with E-state index in [1.54, 1.807) is 6.07 Å². The van der Waals surface area contributed by atoms with Crippen LogP contribution in [-0.4, -0.2) is 36.3 Å². The minimum atomic E-state index is 0.365. The number of benzene rings is 2. The Labute approximate surface area is 138 Å². The molecule has 0 amide bonds. The van der Waals surface area contributed by atoms with E-state index in [2.05, 4.69) is 43.0 Å². The van der Waals surface area contributed by atoms with Gasteiger partial charge in [-0.1, -0.05) is 30.3 Å². The summed E-state index contributed by atoms with van der Waals surface area (Å²) in [5.74, 6) is 0.365. The minimum absolute atomic E-state index is 0.365. The smallest absolute Gasteiger partial charge is 0.118 e. The van der Waals surface area contributed by atoms with E-state index in [1.807, 2.05) is 13.0 Å².